The van der Waals surface area contributed by atoms with Crippen molar-refractivity contribution >= 4 is 17.4 Å². The first-order chi connectivity index (χ1) is 18.1. The zero-order valence-electron chi connectivity index (χ0n) is 20.8. The van der Waals surface area contributed by atoms with Crippen LogP contribution in [0.3, 0.4) is 0 Å². The zero-order valence-corrected chi connectivity index (χ0v) is 20.8. The Labute approximate surface area is 217 Å². The highest BCUT2D eigenvalue weighted by Crippen LogP contribution is 2.35. The molecule has 1 amide bonds. The van der Waals surface area contributed by atoms with Crippen LogP contribution in [0.5, 0.6) is 5.75 Å². The standard InChI is InChI=1S/C31H31N3O3/c1-32-28-10-6-5-9-27(28)23-16-24(18-26(17-23)37-20-22-11-12-22)31(36)34-29(15-21-7-3-2-4-8-21)30(35)19-33-25-13-14-25/h2-10,16-18,22,25,29,33H,11-15,19-20H2,(H,34,36)/t29-/m0/s1. The average molecular weight is 494 g/mol. The number of Topliss-reactive ketones (excluding diaryl/α,β-unsaturated/α-hetero) is 1. The molecule has 0 heterocycles. The lowest BCUT2D eigenvalue weighted by Crippen LogP contribution is -2.46. The number of amides is 1. The van der Waals surface area contributed by atoms with Crippen molar-refractivity contribution in [3.05, 3.63) is 95.3 Å². The van der Waals surface area contributed by atoms with Crippen molar-refractivity contribution in [2.45, 2.75) is 44.2 Å². The number of nitrogens with zero attached hydrogens (tertiary/aromatic N) is 1. The van der Waals surface area contributed by atoms with Gasteiger partial charge in [-0.2, -0.15) is 0 Å². The van der Waals surface area contributed by atoms with Crippen molar-refractivity contribution in [2.24, 2.45) is 5.92 Å². The number of hydrogen-bond acceptors (Lipinski definition) is 4. The van der Waals surface area contributed by atoms with Crippen molar-refractivity contribution in [1.82, 2.24) is 10.6 Å². The second kappa shape index (κ2) is 11.4. The molecular weight excluding hydrogens is 462 g/mol. The Morgan fingerprint density at radius 1 is 0.973 bits per heavy atom. The smallest absolute Gasteiger partial charge is 0.252 e. The van der Waals surface area contributed by atoms with Crippen LogP contribution in [0.2, 0.25) is 0 Å². The molecule has 2 N–H and O–H groups in total. The summed E-state index contributed by atoms with van der Waals surface area (Å²) in [7, 11) is 0. The van der Waals surface area contributed by atoms with Crippen LogP contribution >= 0.6 is 0 Å². The fourth-order valence-electron chi connectivity index (χ4n) is 4.28. The molecule has 0 unspecified atom stereocenters. The summed E-state index contributed by atoms with van der Waals surface area (Å²) >= 11 is 0. The van der Waals surface area contributed by atoms with Gasteiger partial charge in [0.2, 0.25) is 0 Å². The van der Waals surface area contributed by atoms with E-state index in [1.54, 1.807) is 18.2 Å². The zero-order chi connectivity index (χ0) is 25.6. The summed E-state index contributed by atoms with van der Waals surface area (Å²) in [5.41, 5.74) is 3.39. The highest BCUT2D eigenvalue weighted by atomic mass is 16.5. The first-order valence-electron chi connectivity index (χ1n) is 12.9. The number of rotatable bonds is 12. The summed E-state index contributed by atoms with van der Waals surface area (Å²) in [6, 6.07) is 22.2. The van der Waals surface area contributed by atoms with E-state index in [2.05, 4.69) is 15.5 Å². The third-order valence-electron chi connectivity index (χ3n) is 6.81. The predicted molar refractivity (Wildman–Crippen MR) is 144 cm³/mol. The Morgan fingerprint density at radius 2 is 1.73 bits per heavy atom. The molecule has 37 heavy (non-hydrogen) atoms. The number of benzene rings is 3. The van der Waals surface area contributed by atoms with E-state index in [1.807, 2.05) is 54.6 Å². The Balaban J connectivity index is 1.41. The van der Waals surface area contributed by atoms with Crippen molar-refractivity contribution in [2.75, 3.05) is 13.2 Å². The van der Waals surface area contributed by atoms with Gasteiger partial charge in [-0.05, 0) is 72.9 Å². The van der Waals surface area contributed by atoms with Gasteiger partial charge in [-0.1, -0.05) is 54.6 Å². The van der Waals surface area contributed by atoms with E-state index >= 15 is 0 Å². The van der Waals surface area contributed by atoms with Gasteiger partial charge in [0.1, 0.15) is 5.75 Å². The molecule has 0 aliphatic heterocycles. The van der Waals surface area contributed by atoms with Gasteiger partial charge in [0.25, 0.3) is 5.91 Å². The second-order valence-electron chi connectivity index (χ2n) is 9.97. The van der Waals surface area contributed by atoms with E-state index in [0.717, 1.165) is 42.4 Å². The molecule has 0 spiro atoms. The molecule has 5 rings (SSSR count). The Morgan fingerprint density at radius 3 is 2.46 bits per heavy atom. The van der Waals surface area contributed by atoms with Crippen LogP contribution in [-0.2, 0) is 11.2 Å². The number of ketones is 1. The number of para-hydroxylation sites is 1. The second-order valence-corrected chi connectivity index (χ2v) is 9.97. The average Bonchev–Trinajstić information content (AvgIpc) is 3.86. The molecule has 1 atom stereocenters. The molecule has 6 nitrogen and oxygen atoms in total. The summed E-state index contributed by atoms with van der Waals surface area (Å²) < 4.78 is 6.04. The summed E-state index contributed by atoms with van der Waals surface area (Å²) in [6.45, 7) is 8.40. The van der Waals surface area contributed by atoms with Gasteiger partial charge in [-0.25, -0.2) is 4.85 Å². The molecule has 0 bridgehead atoms. The normalized spacial score (nSPS) is 15.4. The number of carbonyl (C=O) groups is 2. The minimum atomic E-state index is -0.656. The lowest BCUT2D eigenvalue weighted by atomic mass is 9.99. The molecule has 2 saturated carbocycles. The lowest BCUT2D eigenvalue weighted by molar-refractivity contribution is -0.120. The summed E-state index contributed by atoms with van der Waals surface area (Å²) in [4.78, 5) is 30.3. The number of ether oxygens (including phenoxy) is 1. The molecule has 0 aromatic heterocycles. The number of carbonyl (C=O) groups excluding carboxylic acids is 2. The van der Waals surface area contributed by atoms with Crippen LogP contribution in [0.4, 0.5) is 5.69 Å². The maximum atomic E-state index is 13.5. The fourth-order valence-corrected chi connectivity index (χ4v) is 4.28. The first-order valence-corrected chi connectivity index (χ1v) is 12.9. The SMILES string of the molecule is [C-]#[N+]c1ccccc1-c1cc(OCC2CC2)cc(C(=O)N[C@@H](Cc2ccccc2)C(=O)CNC2CC2)c1. The van der Waals surface area contributed by atoms with Crippen LogP contribution in [0.25, 0.3) is 16.0 Å². The molecule has 0 radical (unpaired) electrons. The minimum Gasteiger partial charge on any atom is -0.493 e. The van der Waals surface area contributed by atoms with Crippen molar-refractivity contribution in [1.29, 1.82) is 0 Å². The Bertz CT molecular complexity index is 1310. The van der Waals surface area contributed by atoms with Gasteiger partial charge in [0, 0.05) is 11.6 Å². The lowest BCUT2D eigenvalue weighted by Gasteiger charge is -2.19. The third kappa shape index (κ3) is 6.84. The predicted octanol–water partition coefficient (Wildman–Crippen LogP) is 5.36. The Hall–Kier alpha value is -3.95. The highest BCUT2D eigenvalue weighted by molar-refractivity contribution is 6.00. The van der Waals surface area contributed by atoms with E-state index in [0.29, 0.717) is 42.0 Å². The largest absolute Gasteiger partial charge is 0.493 e. The highest BCUT2D eigenvalue weighted by Gasteiger charge is 2.27. The molecule has 3 aromatic carbocycles. The van der Waals surface area contributed by atoms with Gasteiger partial charge < -0.3 is 15.4 Å². The summed E-state index contributed by atoms with van der Waals surface area (Å²) in [5, 5.41) is 6.27. The van der Waals surface area contributed by atoms with Crippen molar-refractivity contribution in [3.63, 3.8) is 0 Å². The molecular formula is C31H31N3O3. The van der Waals surface area contributed by atoms with Crippen LogP contribution in [0.15, 0.2) is 72.8 Å². The molecule has 2 fully saturated rings. The van der Waals surface area contributed by atoms with Crippen LogP contribution in [0.1, 0.15) is 41.6 Å². The molecule has 0 saturated heterocycles. The monoisotopic (exact) mass is 493 g/mol. The van der Waals surface area contributed by atoms with Gasteiger partial charge in [-0.3, -0.25) is 9.59 Å². The Kier molecular flexibility index (Phi) is 7.62. The summed E-state index contributed by atoms with van der Waals surface area (Å²) in [5.74, 6) is 0.780. The maximum Gasteiger partial charge on any atom is 0.252 e. The minimum absolute atomic E-state index is 0.0381. The van der Waals surface area contributed by atoms with Crippen LogP contribution in [-0.4, -0.2) is 36.9 Å². The van der Waals surface area contributed by atoms with Gasteiger partial charge in [0.05, 0.1) is 25.8 Å². The van der Waals surface area contributed by atoms with E-state index in [1.165, 1.54) is 0 Å². The molecule has 2 aliphatic carbocycles. The van der Waals surface area contributed by atoms with E-state index in [-0.39, 0.29) is 18.2 Å². The van der Waals surface area contributed by atoms with E-state index < -0.39 is 6.04 Å². The quantitative estimate of drug-likeness (QED) is 0.334. The molecule has 188 valence electrons. The summed E-state index contributed by atoms with van der Waals surface area (Å²) in [6.07, 6.45) is 4.91. The molecule has 6 heteroatoms. The van der Waals surface area contributed by atoms with Crippen molar-refractivity contribution < 1.29 is 14.3 Å². The van der Waals surface area contributed by atoms with Crippen molar-refractivity contribution in [3.8, 4) is 16.9 Å². The number of nitrogens with one attached hydrogen (secondary N) is 2. The number of hydrogen-bond donors (Lipinski definition) is 2. The topological polar surface area (TPSA) is 71.8 Å². The van der Waals surface area contributed by atoms with Gasteiger partial charge in [-0.15, -0.1) is 0 Å². The molecule has 2 aliphatic rings. The van der Waals surface area contributed by atoms with E-state index in [9.17, 15) is 9.59 Å². The molecule has 3 aromatic rings. The van der Waals surface area contributed by atoms with Gasteiger partial charge in [0.15, 0.2) is 11.5 Å². The van der Waals surface area contributed by atoms with Gasteiger partial charge >= 0.3 is 0 Å². The maximum absolute atomic E-state index is 13.5. The van der Waals surface area contributed by atoms with E-state index in [4.69, 9.17) is 11.3 Å². The fraction of sp³-hybridized carbons (Fsp3) is 0.323. The van der Waals surface area contributed by atoms with Crippen LogP contribution < -0.4 is 15.4 Å². The van der Waals surface area contributed by atoms with Crippen LogP contribution in [0, 0.1) is 12.5 Å². The first kappa shape index (κ1) is 24.7. The third-order valence-corrected chi connectivity index (χ3v) is 6.81.